The molecule has 3 N–H and O–H groups in total. The van der Waals surface area contributed by atoms with Crippen LogP contribution in [0.5, 0.6) is 11.6 Å². The van der Waals surface area contributed by atoms with E-state index in [1.807, 2.05) is 6.92 Å². The van der Waals surface area contributed by atoms with Crippen molar-refractivity contribution >= 4 is 22.9 Å². The molecule has 8 heteroatoms. The highest BCUT2D eigenvalue weighted by atomic mass is 19.1. The van der Waals surface area contributed by atoms with Crippen LogP contribution in [-0.2, 0) is 4.84 Å². The first kappa shape index (κ1) is 17.7. The lowest BCUT2D eigenvalue weighted by Gasteiger charge is -2.09. The number of H-pyrrole nitrogens is 1. The fraction of sp³-hybridized carbons (Fsp3) is 0.278. The standard InChI is InChI=1S/C18H20FN5O2/c1-3-4-7-25-23-9-13-17(20)21-10-22-18(13)26-15-6-5-14-12(16(15)19)8-11(2)24-14/h5-6,8-10,24H,3-4,7H2,1-2H3,(H2,20,21,22)/b23-9+. The molecular formula is C18H20FN5O2. The number of aromatic nitrogens is 3. The Labute approximate surface area is 150 Å². The summed E-state index contributed by atoms with van der Waals surface area (Å²) < 4.78 is 20.4. The third kappa shape index (κ3) is 3.74. The maximum Gasteiger partial charge on any atom is 0.233 e. The summed E-state index contributed by atoms with van der Waals surface area (Å²) in [5.74, 6) is -0.176. The fourth-order valence-electron chi connectivity index (χ4n) is 2.42. The zero-order chi connectivity index (χ0) is 18.5. The first-order valence-corrected chi connectivity index (χ1v) is 8.31. The number of anilines is 1. The molecule has 0 aliphatic carbocycles. The maximum atomic E-state index is 14.7. The average Bonchev–Trinajstić information content (AvgIpc) is 3.00. The zero-order valence-electron chi connectivity index (χ0n) is 14.6. The first-order chi connectivity index (χ1) is 12.6. The minimum absolute atomic E-state index is 0.0381. The van der Waals surface area contributed by atoms with E-state index in [-0.39, 0.29) is 17.4 Å². The number of unbranched alkanes of at least 4 members (excludes halogenated alkanes) is 1. The Morgan fingerprint density at radius 1 is 1.35 bits per heavy atom. The fourth-order valence-corrected chi connectivity index (χ4v) is 2.42. The van der Waals surface area contributed by atoms with Gasteiger partial charge < -0.3 is 20.3 Å². The Balaban J connectivity index is 1.88. The molecule has 3 rings (SSSR count). The van der Waals surface area contributed by atoms with Gasteiger partial charge in [-0.2, -0.15) is 0 Å². The third-order valence-electron chi connectivity index (χ3n) is 3.77. The maximum absolute atomic E-state index is 14.7. The van der Waals surface area contributed by atoms with Gasteiger partial charge in [0.2, 0.25) is 5.88 Å². The molecule has 0 saturated carbocycles. The van der Waals surface area contributed by atoms with Gasteiger partial charge in [0.15, 0.2) is 11.6 Å². The van der Waals surface area contributed by atoms with E-state index in [1.165, 1.54) is 18.6 Å². The Kier molecular flexibility index (Phi) is 5.31. The summed E-state index contributed by atoms with van der Waals surface area (Å²) in [5, 5.41) is 4.30. The molecular weight excluding hydrogens is 337 g/mol. The molecule has 0 unspecified atom stereocenters. The highest BCUT2D eigenvalue weighted by Gasteiger charge is 2.15. The lowest BCUT2D eigenvalue weighted by atomic mass is 10.2. The number of nitrogens with one attached hydrogen (secondary N) is 1. The summed E-state index contributed by atoms with van der Waals surface area (Å²) in [7, 11) is 0. The van der Waals surface area contributed by atoms with Crippen LogP contribution in [0.25, 0.3) is 10.9 Å². The van der Waals surface area contributed by atoms with E-state index in [4.69, 9.17) is 15.3 Å². The summed E-state index contributed by atoms with van der Waals surface area (Å²) in [6, 6.07) is 4.99. The van der Waals surface area contributed by atoms with Gasteiger partial charge in [-0.25, -0.2) is 14.4 Å². The molecule has 0 aliphatic rings. The zero-order valence-corrected chi connectivity index (χ0v) is 14.6. The van der Waals surface area contributed by atoms with Gasteiger partial charge in [0.05, 0.1) is 6.21 Å². The average molecular weight is 357 g/mol. The Morgan fingerprint density at radius 3 is 3.00 bits per heavy atom. The van der Waals surface area contributed by atoms with Crippen molar-refractivity contribution in [1.82, 2.24) is 15.0 Å². The minimum Gasteiger partial charge on any atom is -0.435 e. The lowest BCUT2D eigenvalue weighted by Crippen LogP contribution is -2.03. The predicted octanol–water partition coefficient (Wildman–Crippen LogP) is 3.93. The smallest absolute Gasteiger partial charge is 0.233 e. The van der Waals surface area contributed by atoms with Crippen LogP contribution >= 0.6 is 0 Å². The number of rotatable bonds is 7. The number of halogens is 1. The number of nitrogen functional groups attached to an aromatic ring is 1. The molecule has 0 atom stereocenters. The number of ether oxygens (including phenoxy) is 1. The summed E-state index contributed by atoms with van der Waals surface area (Å²) in [6.45, 7) is 4.41. The third-order valence-corrected chi connectivity index (χ3v) is 3.77. The summed E-state index contributed by atoms with van der Waals surface area (Å²) in [6.07, 6.45) is 4.51. The number of nitrogens with zero attached hydrogens (tertiary/aromatic N) is 3. The van der Waals surface area contributed by atoms with E-state index in [0.717, 1.165) is 18.5 Å². The number of hydrogen-bond acceptors (Lipinski definition) is 6. The van der Waals surface area contributed by atoms with E-state index in [1.54, 1.807) is 12.1 Å². The summed E-state index contributed by atoms with van der Waals surface area (Å²) >= 11 is 0. The molecule has 0 aliphatic heterocycles. The highest BCUT2D eigenvalue weighted by Crippen LogP contribution is 2.31. The molecule has 0 bridgehead atoms. The number of aryl methyl sites for hydroxylation is 1. The van der Waals surface area contributed by atoms with Crippen molar-refractivity contribution in [3.05, 3.63) is 41.6 Å². The molecule has 136 valence electrons. The monoisotopic (exact) mass is 357 g/mol. The molecule has 7 nitrogen and oxygen atoms in total. The van der Waals surface area contributed by atoms with Crippen LogP contribution in [0.3, 0.4) is 0 Å². The lowest BCUT2D eigenvalue weighted by molar-refractivity contribution is 0.142. The molecule has 26 heavy (non-hydrogen) atoms. The second kappa shape index (κ2) is 7.81. The van der Waals surface area contributed by atoms with Crippen molar-refractivity contribution in [3.8, 4) is 11.6 Å². The molecule has 0 saturated heterocycles. The minimum atomic E-state index is -0.480. The van der Waals surface area contributed by atoms with Gasteiger partial charge in [-0.1, -0.05) is 18.5 Å². The topological polar surface area (TPSA) is 98.4 Å². The number of aromatic amines is 1. The normalized spacial score (nSPS) is 11.3. The van der Waals surface area contributed by atoms with Crippen molar-refractivity contribution in [2.75, 3.05) is 12.3 Å². The molecule has 0 radical (unpaired) electrons. The number of oxime groups is 1. The summed E-state index contributed by atoms with van der Waals surface area (Å²) in [4.78, 5) is 16.2. The quantitative estimate of drug-likeness (QED) is 0.379. The Hall–Kier alpha value is -3.16. The Bertz CT molecular complexity index is 939. The first-order valence-electron chi connectivity index (χ1n) is 8.31. The van der Waals surface area contributed by atoms with E-state index in [2.05, 4.69) is 27.0 Å². The van der Waals surface area contributed by atoms with Gasteiger partial charge in [0.1, 0.15) is 24.3 Å². The van der Waals surface area contributed by atoms with Crippen molar-refractivity contribution < 1.29 is 14.0 Å². The molecule has 0 fully saturated rings. The van der Waals surface area contributed by atoms with Gasteiger partial charge in [-0.15, -0.1) is 0 Å². The van der Waals surface area contributed by atoms with E-state index in [9.17, 15) is 4.39 Å². The number of hydrogen-bond donors (Lipinski definition) is 2. The number of benzene rings is 1. The van der Waals surface area contributed by atoms with Gasteiger partial charge in [0, 0.05) is 16.6 Å². The van der Waals surface area contributed by atoms with Crippen LogP contribution in [-0.4, -0.2) is 27.8 Å². The molecule has 0 spiro atoms. The molecule has 3 aromatic rings. The Morgan fingerprint density at radius 2 is 2.19 bits per heavy atom. The second-order valence-electron chi connectivity index (χ2n) is 5.79. The van der Waals surface area contributed by atoms with Crippen LogP contribution in [0.15, 0.2) is 29.7 Å². The SMILES string of the molecule is CCCCO/N=C/c1c(N)ncnc1Oc1ccc2[nH]c(C)cc2c1F. The van der Waals surface area contributed by atoms with E-state index >= 15 is 0 Å². The van der Waals surface area contributed by atoms with Crippen molar-refractivity contribution in [1.29, 1.82) is 0 Å². The molecule has 2 heterocycles. The number of nitrogens with two attached hydrogens (primary N) is 1. The largest absolute Gasteiger partial charge is 0.435 e. The van der Waals surface area contributed by atoms with Crippen molar-refractivity contribution in [3.63, 3.8) is 0 Å². The van der Waals surface area contributed by atoms with Crippen molar-refractivity contribution in [2.24, 2.45) is 5.16 Å². The van der Waals surface area contributed by atoms with Gasteiger partial charge >= 0.3 is 0 Å². The van der Waals surface area contributed by atoms with E-state index in [0.29, 0.717) is 23.1 Å². The number of fused-ring (bicyclic) bond motifs is 1. The molecule has 1 aromatic carbocycles. The van der Waals surface area contributed by atoms with Crippen LogP contribution in [0, 0.1) is 12.7 Å². The van der Waals surface area contributed by atoms with Crippen LogP contribution in [0.2, 0.25) is 0 Å². The van der Waals surface area contributed by atoms with Crippen LogP contribution in [0.4, 0.5) is 10.2 Å². The van der Waals surface area contributed by atoms with E-state index < -0.39 is 5.82 Å². The van der Waals surface area contributed by atoms with Crippen LogP contribution in [0.1, 0.15) is 31.0 Å². The summed E-state index contributed by atoms with van der Waals surface area (Å²) in [5.41, 5.74) is 7.75. The highest BCUT2D eigenvalue weighted by molar-refractivity contribution is 5.88. The van der Waals surface area contributed by atoms with Gasteiger partial charge in [-0.3, -0.25) is 0 Å². The molecule has 0 amide bonds. The van der Waals surface area contributed by atoms with Crippen molar-refractivity contribution in [2.45, 2.75) is 26.7 Å². The molecule has 2 aromatic heterocycles. The van der Waals surface area contributed by atoms with Gasteiger partial charge in [-0.05, 0) is 31.5 Å². The second-order valence-corrected chi connectivity index (χ2v) is 5.79. The van der Waals surface area contributed by atoms with Crippen LogP contribution < -0.4 is 10.5 Å². The predicted molar refractivity (Wildman–Crippen MR) is 98.0 cm³/mol. The van der Waals surface area contributed by atoms with Gasteiger partial charge in [0.25, 0.3) is 0 Å².